The summed E-state index contributed by atoms with van der Waals surface area (Å²) in [7, 11) is 1.65. The van der Waals surface area contributed by atoms with Crippen LogP contribution in [0.4, 0.5) is 5.95 Å². The molecule has 1 rings (SSSR count). The van der Waals surface area contributed by atoms with E-state index in [0.717, 1.165) is 0 Å². The van der Waals surface area contributed by atoms with Crippen LogP contribution < -0.4 is 15.7 Å². The summed E-state index contributed by atoms with van der Waals surface area (Å²) < 4.78 is 5.16. The van der Waals surface area contributed by atoms with E-state index in [4.69, 9.17) is 4.74 Å². The first kappa shape index (κ1) is 9.50. The van der Waals surface area contributed by atoms with Gasteiger partial charge in [0.2, 0.25) is 5.95 Å². The lowest BCUT2D eigenvalue weighted by Gasteiger charge is -2.07. The van der Waals surface area contributed by atoms with Crippen molar-refractivity contribution in [2.45, 2.75) is 20.0 Å². The Kier molecular flexibility index (Phi) is 2.84. The first-order valence-corrected chi connectivity index (χ1v) is 3.94. The van der Waals surface area contributed by atoms with E-state index in [0.29, 0.717) is 5.95 Å². The van der Waals surface area contributed by atoms with Gasteiger partial charge in [-0.2, -0.15) is 4.98 Å². The lowest BCUT2D eigenvalue weighted by atomic mass is 10.5. The first-order chi connectivity index (χ1) is 6.11. The van der Waals surface area contributed by atoms with Gasteiger partial charge >= 0.3 is 11.7 Å². The summed E-state index contributed by atoms with van der Waals surface area (Å²) in [6, 6.07) is 0.0862. The maximum Gasteiger partial charge on any atom is 0.352 e. The van der Waals surface area contributed by atoms with E-state index in [-0.39, 0.29) is 12.1 Å². The van der Waals surface area contributed by atoms with Crippen LogP contribution in [0.2, 0.25) is 0 Å². The fraction of sp³-hybridized carbons (Fsp3) is 0.571. The molecule has 0 saturated heterocycles. The number of nitrogens with zero attached hydrogens (tertiary/aromatic N) is 2. The molecule has 0 unspecified atom stereocenters. The van der Waals surface area contributed by atoms with E-state index in [1.807, 2.05) is 13.8 Å². The number of hydrogen-bond donors (Lipinski definition) is 2. The Bertz CT molecular complexity index is 334. The Morgan fingerprint density at radius 2 is 2.15 bits per heavy atom. The van der Waals surface area contributed by atoms with Gasteiger partial charge in [0.15, 0.2) is 0 Å². The molecule has 1 aromatic heterocycles. The molecule has 0 spiro atoms. The number of aromatic amines is 1. The van der Waals surface area contributed by atoms with Gasteiger partial charge in [-0.3, -0.25) is 4.98 Å². The van der Waals surface area contributed by atoms with Crippen LogP contribution in [0.25, 0.3) is 0 Å². The van der Waals surface area contributed by atoms with Crippen molar-refractivity contribution in [3.63, 3.8) is 0 Å². The molecule has 6 nitrogen and oxygen atoms in total. The minimum absolute atomic E-state index is 0.0495. The Hall–Kier alpha value is -1.59. The van der Waals surface area contributed by atoms with Gasteiger partial charge in [0.1, 0.15) is 0 Å². The molecule has 0 aromatic carbocycles. The summed E-state index contributed by atoms with van der Waals surface area (Å²) in [5, 5.41) is 2.69. The number of rotatable bonds is 3. The second-order valence-corrected chi connectivity index (χ2v) is 2.70. The molecule has 0 radical (unpaired) electrons. The van der Waals surface area contributed by atoms with Crippen molar-refractivity contribution in [3.05, 3.63) is 10.5 Å². The fourth-order valence-electron chi connectivity index (χ4n) is 0.747. The smallest absolute Gasteiger partial charge is 0.352 e. The molecule has 0 aliphatic rings. The molecular weight excluding hydrogens is 172 g/mol. The highest BCUT2D eigenvalue weighted by Crippen LogP contribution is 2.02. The summed E-state index contributed by atoms with van der Waals surface area (Å²) >= 11 is 0. The summed E-state index contributed by atoms with van der Waals surface area (Å²) in [5.74, 6) is 0.343. The number of aromatic nitrogens is 3. The van der Waals surface area contributed by atoms with Crippen LogP contribution in [-0.4, -0.2) is 28.1 Å². The highest BCUT2D eigenvalue weighted by molar-refractivity contribution is 5.22. The molecule has 2 N–H and O–H groups in total. The van der Waals surface area contributed by atoms with E-state index in [1.54, 1.807) is 7.05 Å². The third-order valence-corrected chi connectivity index (χ3v) is 1.21. The molecule has 13 heavy (non-hydrogen) atoms. The van der Waals surface area contributed by atoms with E-state index < -0.39 is 5.69 Å². The third kappa shape index (κ3) is 2.73. The lowest BCUT2D eigenvalue weighted by Crippen LogP contribution is -2.18. The molecule has 0 fully saturated rings. The Morgan fingerprint density at radius 1 is 1.46 bits per heavy atom. The van der Waals surface area contributed by atoms with Crippen molar-refractivity contribution in [1.29, 1.82) is 0 Å². The van der Waals surface area contributed by atoms with Crippen molar-refractivity contribution in [3.8, 4) is 6.01 Å². The van der Waals surface area contributed by atoms with Crippen molar-refractivity contribution in [1.82, 2.24) is 15.0 Å². The van der Waals surface area contributed by atoms with Gasteiger partial charge in [0.05, 0.1) is 6.10 Å². The van der Waals surface area contributed by atoms with Crippen LogP contribution >= 0.6 is 0 Å². The summed E-state index contributed by atoms with van der Waals surface area (Å²) in [5.41, 5.74) is -0.477. The second kappa shape index (κ2) is 3.88. The largest absolute Gasteiger partial charge is 0.461 e. The topological polar surface area (TPSA) is 79.9 Å². The van der Waals surface area contributed by atoms with E-state index in [9.17, 15) is 4.79 Å². The highest BCUT2D eigenvalue weighted by Gasteiger charge is 2.03. The summed E-state index contributed by atoms with van der Waals surface area (Å²) in [6.45, 7) is 3.67. The van der Waals surface area contributed by atoms with Gasteiger partial charge in [0.25, 0.3) is 0 Å². The van der Waals surface area contributed by atoms with Crippen LogP contribution in [-0.2, 0) is 0 Å². The van der Waals surface area contributed by atoms with E-state index in [1.165, 1.54) is 0 Å². The average molecular weight is 184 g/mol. The van der Waals surface area contributed by atoms with Crippen molar-refractivity contribution < 1.29 is 4.74 Å². The van der Waals surface area contributed by atoms with Gasteiger partial charge < -0.3 is 10.1 Å². The Morgan fingerprint density at radius 3 is 2.69 bits per heavy atom. The van der Waals surface area contributed by atoms with Crippen LogP contribution in [0.5, 0.6) is 6.01 Å². The average Bonchev–Trinajstić information content (AvgIpc) is 2.01. The zero-order valence-electron chi connectivity index (χ0n) is 7.79. The minimum Gasteiger partial charge on any atom is -0.461 e. The molecule has 0 amide bonds. The van der Waals surface area contributed by atoms with Crippen molar-refractivity contribution in [2.75, 3.05) is 12.4 Å². The molecule has 1 heterocycles. The molecule has 6 heteroatoms. The van der Waals surface area contributed by atoms with Crippen LogP contribution in [0.15, 0.2) is 4.79 Å². The SMILES string of the molecule is CNc1nc(OC(C)C)nc(=O)[nH]1. The molecule has 0 atom stereocenters. The molecular formula is C7H12N4O2. The van der Waals surface area contributed by atoms with Crippen molar-refractivity contribution in [2.24, 2.45) is 0 Å². The van der Waals surface area contributed by atoms with Gasteiger partial charge in [-0.05, 0) is 13.8 Å². The normalized spacial score (nSPS) is 10.2. The predicted octanol–water partition coefficient (Wildman–Crippen LogP) is -0.00620. The predicted molar refractivity (Wildman–Crippen MR) is 48.0 cm³/mol. The molecule has 0 aliphatic carbocycles. The van der Waals surface area contributed by atoms with Gasteiger partial charge in [-0.1, -0.05) is 0 Å². The van der Waals surface area contributed by atoms with Crippen LogP contribution in [0.3, 0.4) is 0 Å². The van der Waals surface area contributed by atoms with Gasteiger partial charge in [0, 0.05) is 7.05 Å². The summed E-state index contributed by atoms with van der Waals surface area (Å²) in [6.07, 6.45) is -0.0495. The number of H-pyrrole nitrogens is 1. The Labute approximate surface area is 75.4 Å². The quantitative estimate of drug-likeness (QED) is 0.690. The van der Waals surface area contributed by atoms with Crippen molar-refractivity contribution >= 4 is 5.95 Å². The minimum atomic E-state index is -0.477. The first-order valence-electron chi connectivity index (χ1n) is 3.94. The van der Waals surface area contributed by atoms with Crippen LogP contribution in [0.1, 0.15) is 13.8 Å². The summed E-state index contributed by atoms with van der Waals surface area (Å²) in [4.78, 5) is 20.8. The maximum atomic E-state index is 10.9. The molecule has 0 bridgehead atoms. The number of nitrogens with one attached hydrogen (secondary N) is 2. The van der Waals surface area contributed by atoms with E-state index >= 15 is 0 Å². The maximum absolute atomic E-state index is 10.9. The van der Waals surface area contributed by atoms with E-state index in [2.05, 4.69) is 20.3 Å². The molecule has 1 aromatic rings. The third-order valence-electron chi connectivity index (χ3n) is 1.21. The lowest BCUT2D eigenvalue weighted by molar-refractivity contribution is 0.221. The monoisotopic (exact) mass is 184 g/mol. The molecule has 0 aliphatic heterocycles. The second-order valence-electron chi connectivity index (χ2n) is 2.70. The van der Waals surface area contributed by atoms with Gasteiger partial charge in [-0.25, -0.2) is 4.79 Å². The highest BCUT2D eigenvalue weighted by atomic mass is 16.5. The molecule has 0 saturated carbocycles. The number of anilines is 1. The Balaban J connectivity index is 2.95. The van der Waals surface area contributed by atoms with Gasteiger partial charge in [-0.15, -0.1) is 4.98 Å². The zero-order valence-corrected chi connectivity index (χ0v) is 7.79. The number of hydrogen-bond acceptors (Lipinski definition) is 5. The zero-order chi connectivity index (χ0) is 9.84. The van der Waals surface area contributed by atoms with Crippen LogP contribution in [0, 0.1) is 0 Å². The fourth-order valence-corrected chi connectivity index (χ4v) is 0.747. The standard InChI is InChI=1S/C7H12N4O2/c1-4(2)13-7-10-5(8-3)9-6(12)11-7/h4H,1-3H3,(H2,8,9,10,11,12). The number of ether oxygens (including phenoxy) is 1. The molecule has 72 valence electrons.